The molecule has 204 valence electrons. The number of nitrogens with one attached hydrogen (secondary N) is 1. The van der Waals surface area contributed by atoms with Gasteiger partial charge in [0.15, 0.2) is 5.82 Å². The molecule has 0 amide bonds. The number of nitriles is 1. The van der Waals surface area contributed by atoms with Crippen molar-refractivity contribution in [1.82, 2.24) is 33.7 Å². The van der Waals surface area contributed by atoms with Crippen LogP contribution in [0.4, 0.5) is 24.7 Å². The summed E-state index contributed by atoms with van der Waals surface area (Å²) in [6, 6.07) is 9.79. The van der Waals surface area contributed by atoms with Crippen LogP contribution in [0.25, 0.3) is 10.9 Å². The van der Waals surface area contributed by atoms with E-state index in [-0.39, 0.29) is 41.0 Å². The highest BCUT2D eigenvalue weighted by Gasteiger charge is 2.17. The number of fused-ring (bicyclic) bond motifs is 1. The second kappa shape index (κ2) is 10.7. The first kappa shape index (κ1) is 26.7. The number of nitrogens with zero attached hydrogens (tertiary/aromatic N) is 8. The first-order valence-corrected chi connectivity index (χ1v) is 12.1. The van der Waals surface area contributed by atoms with E-state index in [0.29, 0.717) is 16.5 Å². The Morgan fingerprint density at radius 3 is 2.60 bits per heavy atom. The summed E-state index contributed by atoms with van der Waals surface area (Å²) in [7, 11) is 1.64. The molecule has 0 saturated carbocycles. The van der Waals surface area contributed by atoms with Crippen LogP contribution < -0.4 is 16.6 Å². The van der Waals surface area contributed by atoms with Crippen LogP contribution >= 0.6 is 11.6 Å². The van der Waals surface area contributed by atoms with E-state index in [1.165, 1.54) is 46.0 Å². The van der Waals surface area contributed by atoms with Gasteiger partial charge in [-0.15, -0.1) is 0 Å². The normalized spacial score (nSPS) is 11.3. The van der Waals surface area contributed by atoms with Gasteiger partial charge >= 0.3 is 5.69 Å². The van der Waals surface area contributed by atoms with Gasteiger partial charge in [-0.3, -0.25) is 23.3 Å². The largest absolute Gasteiger partial charge is 0.340 e. The number of alkyl halides is 2. The summed E-state index contributed by atoms with van der Waals surface area (Å²) in [5.74, 6) is -0.434. The fraction of sp³-hybridized carbons (Fsp3) is 0.200. The summed E-state index contributed by atoms with van der Waals surface area (Å²) < 4.78 is 44.3. The van der Waals surface area contributed by atoms with Gasteiger partial charge in [-0.1, -0.05) is 17.7 Å². The number of halogens is 4. The first-order chi connectivity index (χ1) is 19.1. The van der Waals surface area contributed by atoms with E-state index >= 15 is 0 Å². The molecule has 15 heteroatoms. The van der Waals surface area contributed by atoms with Crippen LogP contribution in [0.5, 0.6) is 0 Å². The molecule has 11 nitrogen and oxygen atoms in total. The van der Waals surface area contributed by atoms with Crippen LogP contribution in [-0.2, 0) is 26.7 Å². The summed E-state index contributed by atoms with van der Waals surface area (Å²) in [5, 5.41) is 21.1. The minimum absolute atomic E-state index is 0.0456. The SMILES string of the molecule is Cn1cnc(Cn2c(=O)cc(Nc3cc4cn(CC(F)F)nc4cc3Cl)n(Cc3ccc(F)c(C#N)c3)c2=O)n1. The van der Waals surface area contributed by atoms with Crippen LogP contribution in [0.3, 0.4) is 0 Å². The average molecular weight is 570 g/mol. The van der Waals surface area contributed by atoms with Gasteiger partial charge in [-0.25, -0.2) is 22.9 Å². The molecule has 5 aromatic rings. The third-order valence-corrected chi connectivity index (χ3v) is 6.26. The van der Waals surface area contributed by atoms with Gasteiger partial charge in [0.25, 0.3) is 12.0 Å². The zero-order valence-corrected chi connectivity index (χ0v) is 21.5. The fourth-order valence-corrected chi connectivity index (χ4v) is 4.33. The third-order valence-electron chi connectivity index (χ3n) is 5.95. The Hall–Kier alpha value is -4.90. The Balaban J connectivity index is 1.60. The predicted molar refractivity (Wildman–Crippen MR) is 139 cm³/mol. The average Bonchev–Trinajstić information content (AvgIpc) is 3.49. The maximum Gasteiger partial charge on any atom is 0.333 e. The van der Waals surface area contributed by atoms with Crippen molar-refractivity contribution in [2.45, 2.75) is 26.1 Å². The van der Waals surface area contributed by atoms with Crippen LogP contribution in [0.1, 0.15) is 17.0 Å². The molecular weight excluding hydrogens is 551 g/mol. The van der Waals surface area contributed by atoms with Gasteiger partial charge in [-0.05, 0) is 29.8 Å². The first-order valence-electron chi connectivity index (χ1n) is 11.7. The van der Waals surface area contributed by atoms with Crippen LogP contribution in [0.15, 0.2) is 58.5 Å². The summed E-state index contributed by atoms with van der Waals surface area (Å²) in [5.41, 5.74) is -0.525. The lowest BCUT2D eigenvalue weighted by molar-refractivity contribution is 0.122. The molecule has 0 aliphatic heterocycles. The lowest BCUT2D eigenvalue weighted by Crippen LogP contribution is -2.41. The minimum Gasteiger partial charge on any atom is -0.340 e. The number of rotatable bonds is 8. The van der Waals surface area contributed by atoms with Crippen molar-refractivity contribution in [3.63, 3.8) is 0 Å². The van der Waals surface area contributed by atoms with Crippen molar-refractivity contribution in [3.8, 4) is 6.07 Å². The van der Waals surface area contributed by atoms with E-state index in [9.17, 15) is 28.0 Å². The van der Waals surface area contributed by atoms with Gasteiger partial charge in [0.2, 0.25) is 0 Å². The summed E-state index contributed by atoms with van der Waals surface area (Å²) in [4.78, 5) is 30.7. The highest BCUT2D eigenvalue weighted by molar-refractivity contribution is 6.34. The number of hydrogen-bond acceptors (Lipinski definition) is 7. The van der Waals surface area contributed by atoms with E-state index in [0.717, 1.165) is 15.3 Å². The van der Waals surface area contributed by atoms with Crippen molar-refractivity contribution in [2.75, 3.05) is 5.32 Å². The molecule has 0 fully saturated rings. The van der Waals surface area contributed by atoms with Gasteiger partial charge in [-0.2, -0.15) is 15.5 Å². The maximum atomic E-state index is 13.9. The quantitative estimate of drug-likeness (QED) is 0.304. The number of aromatic nitrogens is 7. The Bertz CT molecular complexity index is 1900. The van der Waals surface area contributed by atoms with Crippen molar-refractivity contribution in [2.24, 2.45) is 7.05 Å². The molecule has 0 spiro atoms. The molecule has 5 rings (SSSR count). The Morgan fingerprint density at radius 1 is 1.10 bits per heavy atom. The second-order valence-corrected chi connectivity index (χ2v) is 9.25. The summed E-state index contributed by atoms with van der Waals surface area (Å²) in [6.45, 7) is -0.944. The van der Waals surface area contributed by atoms with Gasteiger partial charge in [0.05, 0.1) is 34.9 Å². The van der Waals surface area contributed by atoms with E-state index in [1.807, 2.05) is 0 Å². The zero-order chi connectivity index (χ0) is 28.6. The number of anilines is 2. The fourth-order valence-electron chi connectivity index (χ4n) is 4.12. The molecule has 0 aliphatic rings. The monoisotopic (exact) mass is 569 g/mol. The molecule has 0 bridgehead atoms. The summed E-state index contributed by atoms with van der Waals surface area (Å²) >= 11 is 6.43. The van der Waals surface area contributed by atoms with E-state index in [1.54, 1.807) is 19.2 Å². The van der Waals surface area contributed by atoms with Gasteiger partial charge < -0.3 is 5.32 Å². The topological polar surface area (TPSA) is 128 Å². The molecule has 0 radical (unpaired) electrons. The van der Waals surface area contributed by atoms with E-state index in [4.69, 9.17) is 11.6 Å². The number of hydrogen-bond donors (Lipinski definition) is 1. The van der Waals surface area contributed by atoms with Crippen molar-refractivity contribution in [3.05, 3.63) is 97.6 Å². The van der Waals surface area contributed by atoms with E-state index < -0.39 is 30.0 Å². The zero-order valence-electron chi connectivity index (χ0n) is 20.7. The lowest BCUT2D eigenvalue weighted by atomic mass is 10.1. The second-order valence-electron chi connectivity index (χ2n) is 8.84. The highest BCUT2D eigenvalue weighted by atomic mass is 35.5. The predicted octanol–water partition coefficient (Wildman–Crippen LogP) is 3.26. The molecule has 40 heavy (non-hydrogen) atoms. The van der Waals surface area contributed by atoms with Crippen LogP contribution in [-0.4, -0.2) is 40.1 Å². The Kier molecular flexibility index (Phi) is 7.14. The Morgan fingerprint density at radius 2 is 1.90 bits per heavy atom. The minimum atomic E-state index is -2.60. The van der Waals surface area contributed by atoms with Gasteiger partial charge in [0, 0.05) is 24.7 Å². The lowest BCUT2D eigenvalue weighted by Gasteiger charge is -2.17. The molecule has 0 unspecified atom stereocenters. The number of aryl methyl sites for hydroxylation is 1. The molecule has 3 heterocycles. The van der Waals surface area contributed by atoms with Crippen molar-refractivity contribution in [1.29, 1.82) is 5.26 Å². The van der Waals surface area contributed by atoms with Gasteiger partial charge in [0.1, 0.15) is 30.6 Å². The molecule has 2 aromatic carbocycles. The molecule has 0 aliphatic carbocycles. The standard InChI is InChI=1S/C25H19ClF3N9O2/c1-35-13-31-22(34-35)12-38-24(39)7-23(37(25(38)40)9-14-2-3-18(27)15(4-14)8-30)32-20-5-16-10-36(11-21(28)29)33-19(16)6-17(20)26/h2-7,10,13,21,32H,9,11-12H2,1H3. The molecular formula is C25H19ClF3N9O2. The third kappa shape index (κ3) is 5.45. The molecule has 0 saturated heterocycles. The van der Waals surface area contributed by atoms with Crippen LogP contribution in [0.2, 0.25) is 5.02 Å². The van der Waals surface area contributed by atoms with E-state index in [2.05, 4.69) is 20.5 Å². The molecule has 0 atom stereocenters. The number of benzene rings is 2. The smallest absolute Gasteiger partial charge is 0.333 e. The Labute approximate surface area is 228 Å². The highest BCUT2D eigenvalue weighted by Crippen LogP contribution is 2.30. The molecule has 1 N–H and O–H groups in total. The van der Waals surface area contributed by atoms with Crippen LogP contribution in [0, 0.1) is 17.1 Å². The molecule has 3 aromatic heterocycles. The van der Waals surface area contributed by atoms with Crippen molar-refractivity contribution < 1.29 is 13.2 Å². The maximum absolute atomic E-state index is 13.9. The van der Waals surface area contributed by atoms with Crippen molar-refractivity contribution >= 4 is 34.0 Å². The summed E-state index contributed by atoms with van der Waals surface area (Å²) in [6.07, 6.45) is 0.256.